The summed E-state index contributed by atoms with van der Waals surface area (Å²) in [5.74, 6) is -1.45. The molecular weight excluding hydrogens is 482 g/mol. The zero-order valence-electron chi connectivity index (χ0n) is 20.9. The number of carbonyl (C=O) groups excluding carboxylic acids is 3. The number of hydrogen-bond donors (Lipinski definition) is 2. The summed E-state index contributed by atoms with van der Waals surface area (Å²) in [5.41, 5.74) is -0.591. The topological polar surface area (TPSA) is 97.0 Å². The van der Waals surface area contributed by atoms with E-state index in [1.165, 1.54) is 0 Å². The molecule has 0 unspecified atom stereocenters. The molecule has 2 bridgehead atoms. The Labute approximate surface area is 216 Å². The minimum Gasteiger partial charge on any atom is -0.383 e. The second-order valence-corrected chi connectivity index (χ2v) is 11.0. The van der Waals surface area contributed by atoms with Gasteiger partial charge in [-0.15, -0.1) is 0 Å². The largest absolute Gasteiger partial charge is 0.383 e. The van der Waals surface area contributed by atoms with Gasteiger partial charge in [0.25, 0.3) is 0 Å². The van der Waals surface area contributed by atoms with E-state index in [1.54, 1.807) is 36.3 Å². The maximum atomic E-state index is 13.8. The predicted octanol–water partition coefficient (Wildman–Crippen LogP) is 3.02. The van der Waals surface area contributed by atoms with Crippen LogP contribution in [0.5, 0.6) is 0 Å². The van der Waals surface area contributed by atoms with E-state index < -0.39 is 29.6 Å². The molecule has 8 nitrogen and oxygen atoms in total. The van der Waals surface area contributed by atoms with Crippen molar-refractivity contribution in [3.8, 4) is 0 Å². The molecule has 5 rings (SSSR count). The number of hydrogen-bond acceptors (Lipinski definition) is 5. The Morgan fingerprint density at radius 1 is 1.19 bits per heavy atom. The maximum Gasteiger partial charge on any atom is 0.246 e. The van der Waals surface area contributed by atoms with Gasteiger partial charge in [-0.25, -0.2) is 0 Å². The Balaban J connectivity index is 1.42. The number of anilines is 1. The lowest BCUT2D eigenvalue weighted by atomic mass is 9.73. The number of benzene rings is 1. The van der Waals surface area contributed by atoms with E-state index >= 15 is 0 Å². The summed E-state index contributed by atoms with van der Waals surface area (Å²) in [6.45, 7) is 4.92. The SMILES string of the molecule is COCCN1C(=O)[C@H]2[C@H](C(=O)Nc3ccc(Cl)cc3)[C@H]3C=C[C@@]2(O3)[C@@H]1C(=O)N[C@@H]1CCC[C@@H](C)[C@@H]1C. The molecule has 2 saturated heterocycles. The first-order valence-electron chi connectivity index (χ1n) is 12.8. The van der Waals surface area contributed by atoms with Gasteiger partial charge in [-0.3, -0.25) is 14.4 Å². The lowest BCUT2D eigenvalue weighted by molar-refractivity contribution is -0.142. The Hall–Kier alpha value is -2.42. The molecule has 4 aliphatic rings. The van der Waals surface area contributed by atoms with Crippen LogP contribution in [0, 0.1) is 23.7 Å². The molecule has 2 N–H and O–H groups in total. The number of methoxy groups -OCH3 is 1. The Morgan fingerprint density at radius 3 is 2.67 bits per heavy atom. The summed E-state index contributed by atoms with van der Waals surface area (Å²) < 4.78 is 11.6. The highest BCUT2D eigenvalue weighted by Gasteiger charge is 2.72. The van der Waals surface area contributed by atoms with Crippen molar-refractivity contribution in [2.75, 3.05) is 25.6 Å². The molecule has 1 aromatic carbocycles. The average molecular weight is 516 g/mol. The predicted molar refractivity (Wildman–Crippen MR) is 135 cm³/mol. The van der Waals surface area contributed by atoms with Gasteiger partial charge in [-0.2, -0.15) is 0 Å². The van der Waals surface area contributed by atoms with E-state index in [2.05, 4.69) is 24.5 Å². The zero-order chi connectivity index (χ0) is 25.6. The van der Waals surface area contributed by atoms with Gasteiger partial charge < -0.3 is 25.0 Å². The van der Waals surface area contributed by atoms with Crippen LogP contribution >= 0.6 is 11.6 Å². The van der Waals surface area contributed by atoms with Gasteiger partial charge in [0.2, 0.25) is 17.7 Å². The fourth-order valence-electron chi connectivity index (χ4n) is 6.50. The Kier molecular flexibility index (Phi) is 6.87. The monoisotopic (exact) mass is 515 g/mol. The molecule has 3 heterocycles. The highest BCUT2D eigenvalue weighted by atomic mass is 35.5. The molecule has 0 radical (unpaired) electrons. The van der Waals surface area contributed by atoms with Gasteiger partial charge in [0.05, 0.1) is 24.5 Å². The summed E-state index contributed by atoms with van der Waals surface area (Å²) in [6, 6.07) is 5.99. The zero-order valence-corrected chi connectivity index (χ0v) is 21.7. The summed E-state index contributed by atoms with van der Waals surface area (Å²) in [6.07, 6.45) is 6.21. The quantitative estimate of drug-likeness (QED) is 0.544. The normalized spacial score (nSPS) is 36.7. The molecule has 194 valence electrons. The smallest absolute Gasteiger partial charge is 0.246 e. The highest BCUT2D eigenvalue weighted by molar-refractivity contribution is 6.30. The van der Waals surface area contributed by atoms with Crippen LogP contribution in [-0.2, 0) is 23.9 Å². The molecule has 0 aromatic heterocycles. The lowest BCUT2D eigenvalue weighted by Crippen LogP contribution is -2.58. The molecule has 8 atom stereocenters. The van der Waals surface area contributed by atoms with Crippen LogP contribution in [0.3, 0.4) is 0 Å². The van der Waals surface area contributed by atoms with Crippen LogP contribution in [0.4, 0.5) is 5.69 Å². The molecule has 1 aromatic rings. The molecule has 3 fully saturated rings. The van der Waals surface area contributed by atoms with Crippen LogP contribution in [0.15, 0.2) is 36.4 Å². The number of rotatable bonds is 7. The summed E-state index contributed by atoms with van der Waals surface area (Å²) >= 11 is 5.97. The number of nitrogens with one attached hydrogen (secondary N) is 2. The van der Waals surface area contributed by atoms with Gasteiger partial charge in [0, 0.05) is 30.4 Å². The first-order chi connectivity index (χ1) is 17.3. The van der Waals surface area contributed by atoms with Crippen LogP contribution < -0.4 is 10.6 Å². The van der Waals surface area contributed by atoms with E-state index in [0.717, 1.165) is 19.3 Å². The van der Waals surface area contributed by atoms with E-state index in [9.17, 15) is 14.4 Å². The standard InChI is InChI=1S/C27H34ClN3O5/c1-15-5-4-6-19(16(15)2)30-25(33)23-27-12-11-20(36-27)21(22(27)26(34)31(23)13-14-35-3)24(32)29-18-9-7-17(28)8-10-18/h7-12,15-16,19-23H,4-6,13-14H2,1-3H3,(H,29,32)(H,30,33)/t15-,16+,19-,20-,21-,22-,23+,27+/m1/s1. The van der Waals surface area contributed by atoms with Crippen LogP contribution in [-0.4, -0.2) is 66.7 Å². The number of halogens is 1. The number of fused-ring (bicyclic) bond motifs is 1. The van der Waals surface area contributed by atoms with Gasteiger partial charge in [0.15, 0.2) is 0 Å². The second kappa shape index (κ2) is 9.80. The van der Waals surface area contributed by atoms with Crippen molar-refractivity contribution < 1.29 is 23.9 Å². The van der Waals surface area contributed by atoms with Crippen LogP contribution in [0.25, 0.3) is 0 Å². The van der Waals surface area contributed by atoms with Gasteiger partial charge in [0.1, 0.15) is 11.6 Å². The van der Waals surface area contributed by atoms with Crippen molar-refractivity contribution in [2.24, 2.45) is 23.7 Å². The van der Waals surface area contributed by atoms with Crippen LogP contribution in [0.2, 0.25) is 5.02 Å². The number of amides is 3. The molecule has 36 heavy (non-hydrogen) atoms. The summed E-state index contributed by atoms with van der Waals surface area (Å²) in [4.78, 5) is 42.6. The van der Waals surface area contributed by atoms with E-state index in [4.69, 9.17) is 21.1 Å². The number of nitrogens with zero attached hydrogens (tertiary/aromatic N) is 1. The van der Waals surface area contributed by atoms with E-state index in [1.807, 2.05) is 12.2 Å². The average Bonchev–Trinajstić information content (AvgIpc) is 3.49. The fraction of sp³-hybridized carbons (Fsp3) is 0.593. The van der Waals surface area contributed by atoms with Crippen molar-refractivity contribution in [2.45, 2.75) is 56.9 Å². The van der Waals surface area contributed by atoms with Gasteiger partial charge in [-0.1, -0.05) is 50.4 Å². The minimum atomic E-state index is -1.18. The molecule has 1 saturated carbocycles. The molecule has 3 amide bonds. The summed E-state index contributed by atoms with van der Waals surface area (Å²) in [7, 11) is 1.56. The molecule has 9 heteroatoms. The third-order valence-corrected chi connectivity index (χ3v) is 8.86. The van der Waals surface area contributed by atoms with Crippen molar-refractivity contribution in [1.82, 2.24) is 10.2 Å². The fourth-order valence-corrected chi connectivity index (χ4v) is 6.63. The Morgan fingerprint density at radius 2 is 1.94 bits per heavy atom. The third kappa shape index (κ3) is 4.13. The molecule has 1 aliphatic carbocycles. The van der Waals surface area contributed by atoms with E-state index in [-0.39, 0.29) is 36.9 Å². The van der Waals surface area contributed by atoms with Crippen molar-refractivity contribution in [1.29, 1.82) is 0 Å². The Bertz CT molecular complexity index is 1060. The third-order valence-electron chi connectivity index (χ3n) is 8.61. The van der Waals surface area contributed by atoms with E-state index in [0.29, 0.717) is 22.5 Å². The van der Waals surface area contributed by atoms with Gasteiger partial charge in [-0.05, 0) is 42.5 Å². The molecular formula is C27H34ClN3O5. The minimum absolute atomic E-state index is 0.0441. The highest BCUT2D eigenvalue weighted by Crippen LogP contribution is 2.55. The maximum absolute atomic E-state index is 13.8. The number of likely N-dealkylation sites (tertiary alicyclic amines) is 1. The van der Waals surface area contributed by atoms with Crippen molar-refractivity contribution in [3.63, 3.8) is 0 Å². The number of carbonyl (C=O) groups is 3. The summed E-state index contributed by atoms with van der Waals surface area (Å²) in [5, 5.41) is 6.71. The first-order valence-corrected chi connectivity index (χ1v) is 13.2. The number of ether oxygens (including phenoxy) is 2. The first kappa shape index (κ1) is 25.2. The van der Waals surface area contributed by atoms with Gasteiger partial charge >= 0.3 is 0 Å². The molecule has 3 aliphatic heterocycles. The lowest BCUT2D eigenvalue weighted by Gasteiger charge is -2.38. The van der Waals surface area contributed by atoms with Crippen molar-refractivity contribution in [3.05, 3.63) is 41.4 Å². The van der Waals surface area contributed by atoms with Crippen LogP contribution in [0.1, 0.15) is 33.1 Å². The molecule has 1 spiro atoms. The second-order valence-electron chi connectivity index (χ2n) is 10.6. The van der Waals surface area contributed by atoms with Crippen molar-refractivity contribution >= 4 is 35.0 Å².